The Morgan fingerprint density at radius 2 is 1.80 bits per heavy atom. The van der Waals surface area contributed by atoms with Crippen molar-refractivity contribution in [2.24, 2.45) is 11.8 Å². The van der Waals surface area contributed by atoms with Crippen LogP contribution >= 0.6 is 0 Å². The summed E-state index contributed by atoms with van der Waals surface area (Å²) in [5.74, 6) is 1.78. The number of carbonyl (C=O) groups excluding carboxylic acids is 1. The van der Waals surface area contributed by atoms with Gasteiger partial charge >= 0.3 is 0 Å². The van der Waals surface area contributed by atoms with Gasteiger partial charge in [0, 0.05) is 6.04 Å². The van der Waals surface area contributed by atoms with E-state index in [1.54, 1.807) is 0 Å². The van der Waals surface area contributed by atoms with Crippen LogP contribution in [-0.4, -0.2) is 29.8 Å². The predicted octanol–water partition coefficient (Wildman–Crippen LogP) is 2.47. The molecule has 3 saturated carbocycles. The highest BCUT2D eigenvalue weighted by atomic mass is 16.1. The highest BCUT2D eigenvalue weighted by Crippen LogP contribution is 2.44. The Balaban J connectivity index is 2.08. The molecule has 86 valence electrons. The first kappa shape index (κ1) is 11.1. The van der Waals surface area contributed by atoms with Gasteiger partial charge in [0.05, 0.1) is 5.54 Å². The fraction of sp³-hybridized carbons (Fsp3) is 0.923. The molecular formula is C13H23NO. The summed E-state index contributed by atoms with van der Waals surface area (Å²) in [5.41, 5.74) is -0.290. The number of hydrogen-bond donors (Lipinski definition) is 0. The fourth-order valence-electron chi connectivity index (χ4n) is 3.33. The number of carbonyl (C=O) groups is 1. The average molecular weight is 209 g/mol. The zero-order valence-electron chi connectivity index (χ0n) is 10.2. The molecule has 2 bridgehead atoms. The minimum atomic E-state index is -0.290. The largest absolute Gasteiger partial charge is 0.301 e. The maximum atomic E-state index is 11.1. The lowest BCUT2D eigenvalue weighted by molar-refractivity contribution is -0.119. The van der Waals surface area contributed by atoms with Crippen molar-refractivity contribution in [1.82, 2.24) is 4.90 Å². The standard InChI is InChI=1S/C13H23NO/c1-13(2,9-15)14(3)12-8-10-4-6-11(12)7-5-10/h9-12H,4-8H2,1-3H3. The summed E-state index contributed by atoms with van der Waals surface area (Å²) in [6, 6.07) is 0.651. The van der Waals surface area contributed by atoms with Gasteiger partial charge in [-0.15, -0.1) is 0 Å². The van der Waals surface area contributed by atoms with Gasteiger partial charge in [0.15, 0.2) is 0 Å². The molecule has 0 aromatic carbocycles. The molecule has 0 N–H and O–H groups in total. The SMILES string of the molecule is CN(C1CC2CCC1CC2)C(C)(C)C=O. The summed E-state index contributed by atoms with van der Waals surface area (Å²) >= 11 is 0. The second kappa shape index (κ2) is 3.89. The van der Waals surface area contributed by atoms with Crippen LogP contribution in [0.3, 0.4) is 0 Å². The molecule has 3 fully saturated rings. The minimum Gasteiger partial charge on any atom is -0.301 e. The molecule has 2 nitrogen and oxygen atoms in total. The first-order valence-electron chi connectivity index (χ1n) is 6.24. The van der Waals surface area contributed by atoms with Crippen molar-refractivity contribution in [1.29, 1.82) is 0 Å². The van der Waals surface area contributed by atoms with E-state index >= 15 is 0 Å². The molecule has 1 atom stereocenters. The van der Waals surface area contributed by atoms with Crippen molar-refractivity contribution < 1.29 is 4.79 Å². The molecule has 0 amide bonds. The zero-order chi connectivity index (χ0) is 11.1. The lowest BCUT2D eigenvalue weighted by atomic mass is 9.67. The summed E-state index contributed by atoms with van der Waals surface area (Å²) in [5, 5.41) is 0. The number of hydrogen-bond acceptors (Lipinski definition) is 2. The lowest BCUT2D eigenvalue weighted by Gasteiger charge is -2.49. The molecular weight excluding hydrogens is 186 g/mol. The number of nitrogens with zero attached hydrogens (tertiary/aromatic N) is 1. The predicted molar refractivity (Wildman–Crippen MR) is 61.8 cm³/mol. The van der Waals surface area contributed by atoms with Crippen molar-refractivity contribution in [3.8, 4) is 0 Å². The second-order valence-electron chi connectivity index (χ2n) is 5.97. The zero-order valence-corrected chi connectivity index (χ0v) is 10.2. The first-order valence-corrected chi connectivity index (χ1v) is 6.24. The van der Waals surface area contributed by atoms with E-state index in [0.29, 0.717) is 6.04 Å². The molecule has 0 saturated heterocycles. The Morgan fingerprint density at radius 1 is 1.20 bits per heavy atom. The van der Waals surface area contributed by atoms with E-state index in [9.17, 15) is 4.79 Å². The smallest absolute Gasteiger partial charge is 0.139 e. The van der Waals surface area contributed by atoms with Crippen LogP contribution in [0.5, 0.6) is 0 Å². The van der Waals surface area contributed by atoms with Crippen LogP contribution in [0, 0.1) is 11.8 Å². The molecule has 0 heterocycles. The normalized spacial score (nSPS) is 35.9. The number of likely N-dealkylation sites (N-methyl/N-ethyl adjacent to an activating group) is 1. The van der Waals surface area contributed by atoms with Crippen molar-refractivity contribution >= 4 is 6.29 Å². The molecule has 0 spiro atoms. The molecule has 15 heavy (non-hydrogen) atoms. The molecule has 3 rings (SSSR count). The number of rotatable bonds is 3. The summed E-state index contributed by atoms with van der Waals surface area (Å²) in [4.78, 5) is 13.4. The summed E-state index contributed by atoms with van der Waals surface area (Å²) in [7, 11) is 2.12. The van der Waals surface area contributed by atoms with E-state index in [0.717, 1.165) is 18.1 Å². The summed E-state index contributed by atoms with van der Waals surface area (Å²) in [6.45, 7) is 4.06. The molecule has 0 radical (unpaired) electrons. The van der Waals surface area contributed by atoms with Crippen LogP contribution in [-0.2, 0) is 4.79 Å². The number of fused-ring (bicyclic) bond motifs is 3. The maximum Gasteiger partial charge on any atom is 0.139 e. The quantitative estimate of drug-likeness (QED) is 0.666. The molecule has 0 aromatic heterocycles. The first-order chi connectivity index (χ1) is 7.04. The van der Waals surface area contributed by atoms with E-state index in [4.69, 9.17) is 0 Å². The molecule has 3 aliphatic carbocycles. The van der Waals surface area contributed by atoms with E-state index in [2.05, 4.69) is 11.9 Å². The third kappa shape index (κ3) is 1.96. The van der Waals surface area contributed by atoms with Crippen LogP contribution in [0.1, 0.15) is 46.0 Å². The molecule has 2 heteroatoms. The maximum absolute atomic E-state index is 11.1. The van der Waals surface area contributed by atoms with Crippen molar-refractivity contribution in [2.45, 2.75) is 57.5 Å². The van der Waals surface area contributed by atoms with Crippen molar-refractivity contribution in [3.05, 3.63) is 0 Å². The minimum absolute atomic E-state index is 0.290. The lowest BCUT2D eigenvalue weighted by Crippen LogP contribution is -2.54. The van der Waals surface area contributed by atoms with E-state index in [1.165, 1.54) is 32.1 Å². The molecule has 1 unspecified atom stereocenters. The monoisotopic (exact) mass is 209 g/mol. The van der Waals surface area contributed by atoms with Gasteiger partial charge in [0.25, 0.3) is 0 Å². The topological polar surface area (TPSA) is 20.3 Å². The Bertz CT molecular complexity index is 241. The third-order valence-corrected chi connectivity index (χ3v) is 4.71. The van der Waals surface area contributed by atoms with Gasteiger partial charge < -0.3 is 4.79 Å². The van der Waals surface area contributed by atoms with Gasteiger partial charge in [0.2, 0.25) is 0 Å². The van der Waals surface area contributed by atoms with Crippen LogP contribution in [0.15, 0.2) is 0 Å². The van der Waals surface area contributed by atoms with E-state index in [-0.39, 0.29) is 5.54 Å². The Hall–Kier alpha value is -0.370. The molecule has 3 aliphatic rings. The molecule has 0 aliphatic heterocycles. The van der Waals surface area contributed by atoms with Gasteiger partial charge in [-0.1, -0.05) is 12.8 Å². The van der Waals surface area contributed by atoms with Gasteiger partial charge in [-0.05, 0) is 52.0 Å². The van der Waals surface area contributed by atoms with Crippen LogP contribution in [0.4, 0.5) is 0 Å². The fourth-order valence-corrected chi connectivity index (χ4v) is 3.33. The number of aldehydes is 1. The van der Waals surface area contributed by atoms with Crippen molar-refractivity contribution in [3.63, 3.8) is 0 Å². The van der Waals surface area contributed by atoms with Crippen LogP contribution in [0.2, 0.25) is 0 Å². The summed E-state index contributed by atoms with van der Waals surface area (Å²) < 4.78 is 0. The van der Waals surface area contributed by atoms with E-state index < -0.39 is 0 Å². The van der Waals surface area contributed by atoms with Crippen LogP contribution in [0.25, 0.3) is 0 Å². The van der Waals surface area contributed by atoms with Gasteiger partial charge in [-0.25, -0.2) is 0 Å². The average Bonchev–Trinajstić information content (AvgIpc) is 2.29. The van der Waals surface area contributed by atoms with Gasteiger partial charge in [-0.2, -0.15) is 0 Å². The van der Waals surface area contributed by atoms with Crippen LogP contribution < -0.4 is 0 Å². The van der Waals surface area contributed by atoms with Crippen molar-refractivity contribution in [2.75, 3.05) is 7.05 Å². The highest BCUT2D eigenvalue weighted by molar-refractivity contribution is 5.62. The Morgan fingerprint density at radius 3 is 2.20 bits per heavy atom. The molecule has 0 aromatic rings. The van der Waals surface area contributed by atoms with E-state index in [1.807, 2.05) is 13.8 Å². The third-order valence-electron chi connectivity index (χ3n) is 4.71. The second-order valence-corrected chi connectivity index (χ2v) is 5.97. The van der Waals surface area contributed by atoms with Gasteiger partial charge in [0.1, 0.15) is 6.29 Å². The Kier molecular flexibility index (Phi) is 2.89. The summed E-state index contributed by atoms with van der Waals surface area (Å²) in [6.07, 6.45) is 8.03. The van der Waals surface area contributed by atoms with Gasteiger partial charge in [-0.3, -0.25) is 4.90 Å². The highest BCUT2D eigenvalue weighted by Gasteiger charge is 2.41. The Labute approximate surface area is 93.0 Å².